The maximum Gasteiger partial charge on any atom is 0.257 e. The van der Waals surface area contributed by atoms with Crippen LogP contribution in [0.25, 0.3) is 0 Å². The zero-order valence-electron chi connectivity index (χ0n) is 8.93. The van der Waals surface area contributed by atoms with Crippen molar-refractivity contribution in [2.24, 2.45) is 0 Å². The maximum absolute atomic E-state index is 11.2. The van der Waals surface area contributed by atoms with Crippen LogP contribution in [0.5, 0.6) is 5.75 Å². The Morgan fingerprint density at radius 2 is 2.00 bits per heavy atom. The number of ether oxygens (including phenoxy) is 2. The van der Waals surface area contributed by atoms with E-state index in [0.29, 0.717) is 30.9 Å². The lowest BCUT2D eigenvalue weighted by Gasteiger charge is -2.05. The van der Waals surface area contributed by atoms with Crippen LogP contribution in [0.3, 0.4) is 0 Å². The Morgan fingerprint density at radius 3 is 2.56 bits per heavy atom. The fourth-order valence-corrected chi connectivity index (χ4v) is 1.08. The molecule has 0 spiro atoms. The van der Waals surface area contributed by atoms with Crippen molar-refractivity contribution in [2.75, 3.05) is 20.3 Å². The molecule has 0 saturated heterocycles. The SMILES string of the molecule is COCCOc1ccc(C(=O)NC=O)cc1. The van der Waals surface area contributed by atoms with Crippen LogP contribution in [-0.2, 0) is 9.53 Å². The Morgan fingerprint density at radius 1 is 1.31 bits per heavy atom. The molecular weight excluding hydrogens is 210 g/mol. The van der Waals surface area contributed by atoms with E-state index in [1.807, 2.05) is 0 Å². The van der Waals surface area contributed by atoms with Crippen molar-refractivity contribution in [3.63, 3.8) is 0 Å². The molecular formula is C11H13NO4. The Bertz CT molecular complexity index is 348. The fourth-order valence-electron chi connectivity index (χ4n) is 1.08. The number of hydrogen-bond acceptors (Lipinski definition) is 4. The molecule has 5 nitrogen and oxygen atoms in total. The lowest BCUT2D eigenvalue weighted by atomic mass is 10.2. The van der Waals surface area contributed by atoms with Crippen LogP contribution in [0.4, 0.5) is 0 Å². The molecule has 86 valence electrons. The summed E-state index contributed by atoms with van der Waals surface area (Å²) in [6.07, 6.45) is 0.353. The Hall–Kier alpha value is -1.88. The molecule has 0 aliphatic rings. The lowest BCUT2D eigenvalue weighted by molar-refractivity contribution is -0.108. The van der Waals surface area contributed by atoms with E-state index >= 15 is 0 Å². The van der Waals surface area contributed by atoms with Crippen molar-refractivity contribution in [1.29, 1.82) is 0 Å². The molecule has 1 aromatic carbocycles. The highest BCUT2D eigenvalue weighted by Crippen LogP contribution is 2.11. The second-order valence-electron chi connectivity index (χ2n) is 2.96. The van der Waals surface area contributed by atoms with Crippen LogP contribution in [0.1, 0.15) is 10.4 Å². The number of methoxy groups -OCH3 is 1. The highest BCUT2D eigenvalue weighted by Gasteiger charge is 2.03. The molecule has 0 saturated carbocycles. The predicted octanol–water partition coefficient (Wildman–Crippen LogP) is 0.598. The molecule has 0 bridgehead atoms. The van der Waals surface area contributed by atoms with Crippen molar-refractivity contribution in [3.8, 4) is 5.75 Å². The molecule has 0 atom stereocenters. The van der Waals surface area contributed by atoms with Crippen LogP contribution >= 0.6 is 0 Å². The first-order chi connectivity index (χ1) is 7.77. The van der Waals surface area contributed by atoms with E-state index in [9.17, 15) is 9.59 Å². The van der Waals surface area contributed by atoms with Gasteiger partial charge in [-0.2, -0.15) is 0 Å². The number of hydrogen-bond donors (Lipinski definition) is 1. The van der Waals surface area contributed by atoms with Gasteiger partial charge in [0.2, 0.25) is 6.41 Å². The van der Waals surface area contributed by atoms with Gasteiger partial charge in [0.1, 0.15) is 12.4 Å². The third-order valence-corrected chi connectivity index (χ3v) is 1.86. The number of carbonyl (C=O) groups is 2. The van der Waals surface area contributed by atoms with Crippen LogP contribution in [0.2, 0.25) is 0 Å². The summed E-state index contributed by atoms with van der Waals surface area (Å²) in [5, 5.41) is 2.05. The summed E-state index contributed by atoms with van der Waals surface area (Å²) in [5.41, 5.74) is 0.409. The minimum atomic E-state index is -0.432. The molecule has 1 aromatic rings. The summed E-state index contributed by atoms with van der Waals surface area (Å²) in [7, 11) is 1.59. The largest absolute Gasteiger partial charge is 0.491 e. The van der Waals surface area contributed by atoms with Crippen molar-refractivity contribution >= 4 is 12.3 Å². The van der Waals surface area contributed by atoms with Gasteiger partial charge < -0.3 is 9.47 Å². The molecule has 0 unspecified atom stereocenters. The number of rotatable bonds is 6. The average Bonchev–Trinajstić information content (AvgIpc) is 2.30. The number of imide groups is 1. The van der Waals surface area contributed by atoms with Gasteiger partial charge >= 0.3 is 0 Å². The van der Waals surface area contributed by atoms with Gasteiger partial charge in [-0.15, -0.1) is 0 Å². The van der Waals surface area contributed by atoms with Crippen LogP contribution < -0.4 is 10.1 Å². The monoisotopic (exact) mass is 223 g/mol. The summed E-state index contributed by atoms with van der Waals surface area (Å²) in [4.78, 5) is 21.3. The lowest BCUT2D eigenvalue weighted by Crippen LogP contribution is -2.20. The fraction of sp³-hybridized carbons (Fsp3) is 0.273. The van der Waals surface area contributed by atoms with E-state index < -0.39 is 5.91 Å². The molecule has 1 rings (SSSR count). The van der Waals surface area contributed by atoms with E-state index in [-0.39, 0.29) is 0 Å². The van der Waals surface area contributed by atoms with E-state index in [2.05, 4.69) is 5.32 Å². The Labute approximate surface area is 93.4 Å². The predicted molar refractivity (Wildman–Crippen MR) is 57.3 cm³/mol. The van der Waals surface area contributed by atoms with Gasteiger partial charge in [0.15, 0.2) is 0 Å². The minimum absolute atomic E-state index is 0.353. The molecule has 16 heavy (non-hydrogen) atoms. The van der Waals surface area contributed by atoms with E-state index in [4.69, 9.17) is 9.47 Å². The van der Waals surface area contributed by atoms with E-state index in [1.165, 1.54) is 0 Å². The Kier molecular flexibility index (Phi) is 5.01. The molecule has 0 aromatic heterocycles. The summed E-state index contributed by atoms with van der Waals surface area (Å²) in [6, 6.07) is 6.49. The van der Waals surface area contributed by atoms with Gasteiger partial charge in [-0.25, -0.2) is 0 Å². The Balaban J connectivity index is 2.53. The zero-order chi connectivity index (χ0) is 11.8. The smallest absolute Gasteiger partial charge is 0.257 e. The van der Waals surface area contributed by atoms with Gasteiger partial charge in [0, 0.05) is 12.7 Å². The quantitative estimate of drug-likeness (QED) is 0.566. The van der Waals surface area contributed by atoms with Gasteiger partial charge in [-0.05, 0) is 24.3 Å². The summed E-state index contributed by atoms with van der Waals surface area (Å²) >= 11 is 0. The molecule has 0 aliphatic carbocycles. The average molecular weight is 223 g/mol. The second-order valence-corrected chi connectivity index (χ2v) is 2.96. The van der Waals surface area contributed by atoms with Crippen molar-refractivity contribution in [2.45, 2.75) is 0 Å². The van der Waals surface area contributed by atoms with Crippen LogP contribution in [0.15, 0.2) is 24.3 Å². The maximum atomic E-state index is 11.2. The molecule has 0 heterocycles. The molecule has 5 heteroatoms. The summed E-state index contributed by atoms with van der Waals surface area (Å²) in [6.45, 7) is 0.962. The van der Waals surface area contributed by atoms with Crippen molar-refractivity contribution in [3.05, 3.63) is 29.8 Å². The summed E-state index contributed by atoms with van der Waals surface area (Å²) in [5.74, 6) is 0.221. The number of carbonyl (C=O) groups excluding carboxylic acids is 2. The normalized spacial score (nSPS) is 9.56. The first-order valence-electron chi connectivity index (χ1n) is 4.74. The topological polar surface area (TPSA) is 64.6 Å². The highest BCUT2D eigenvalue weighted by atomic mass is 16.5. The standard InChI is InChI=1S/C11H13NO4/c1-15-6-7-16-10-4-2-9(3-5-10)11(14)12-8-13/h2-5,8H,6-7H2,1H3,(H,12,13,14). The van der Waals surface area contributed by atoms with E-state index in [1.54, 1.807) is 31.4 Å². The van der Waals surface area contributed by atoms with Crippen molar-refractivity contribution in [1.82, 2.24) is 5.32 Å². The summed E-state index contributed by atoms with van der Waals surface area (Å²) < 4.78 is 10.1. The first-order valence-corrected chi connectivity index (χ1v) is 4.74. The third kappa shape index (κ3) is 3.70. The van der Waals surface area contributed by atoms with Crippen LogP contribution in [0, 0.1) is 0 Å². The molecule has 0 aliphatic heterocycles. The number of amides is 2. The second kappa shape index (κ2) is 6.58. The number of benzene rings is 1. The van der Waals surface area contributed by atoms with Gasteiger partial charge in [-0.3, -0.25) is 14.9 Å². The first kappa shape index (κ1) is 12.2. The minimum Gasteiger partial charge on any atom is -0.491 e. The highest BCUT2D eigenvalue weighted by molar-refractivity contribution is 5.99. The van der Waals surface area contributed by atoms with E-state index in [0.717, 1.165) is 0 Å². The molecule has 1 N–H and O–H groups in total. The number of nitrogens with one attached hydrogen (secondary N) is 1. The van der Waals surface area contributed by atoms with Gasteiger partial charge in [0.05, 0.1) is 6.61 Å². The zero-order valence-corrected chi connectivity index (χ0v) is 8.93. The molecule has 2 amide bonds. The van der Waals surface area contributed by atoms with Gasteiger partial charge in [-0.1, -0.05) is 0 Å². The van der Waals surface area contributed by atoms with Crippen molar-refractivity contribution < 1.29 is 19.1 Å². The third-order valence-electron chi connectivity index (χ3n) is 1.86. The van der Waals surface area contributed by atoms with Gasteiger partial charge in [0.25, 0.3) is 5.91 Å². The van der Waals surface area contributed by atoms with Crippen LogP contribution in [-0.4, -0.2) is 32.6 Å². The molecule has 0 fully saturated rings. The molecule has 0 radical (unpaired) electrons.